The fourth-order valence-electron chi connectivity index (χ4n) is 2.10. The third-order valence-corrected chi connectivity index (χ3v) is 3.18. The Morgan fingerprint density at radius 2 is 2.00 bits per heavy atom. The average molecular weight is 264 g/mol. The van der Waals surface area contributed by atoms with Crippen LogP contribution in [0.4, 0.5) is 10.5 Å². The summed E-state index contributed by atoms with van der Waals surface area (Å²) >= 11 is 0. The van der Waals surface area contributed by atoms with E-state index < -0.39 is 4.92 Å². The average Bonchev–Trinajstić information content (AvgIpc) is 2.41. The Balaban J connectivity index is 2.06. The fourth-order valence-corrected chi connectivity index (χ4v) is 2.10. The quantitative estimate of drug-likeness (QED) is 0.608. The highest BCUT2D eigenvalue weighted by atomic mass is 16.6. The first-order valence-electron chi connectivity index (χ1n) is 6.30. The van der Waals surface area contributed by atoms with Gasteiger partial charge in [-0.3, -0.25) is 10.1 Å². The molecular weight excluding hydrogens is 248 g/mol. The number of piperidine rings is 1. The van der Waals surface area contributed by atoms with Gasteiger partial charge in [-0.15, -0.1) is 0 Å². The lowest BCUT2D eigenvalue weighted by molar-refractivity contribution is -0.384. The number of nitrogens with zero attached hydrogens (tertiary/aromatic N) is 2. The fraction of sp³-hybridized carbons (Fsp3) is 0.462. The molecule has 1 amide bonds. The highest BCUT2D eigenvalue weighted by Gasteiger charge is 2.19. The molecule has 2 rings (SSSR count). The Morgan fingerprint density at radius 1 is 1.32 bits per heavy atom. The van der Waals surface area contributed by atoms with Gasteiger partial charge < -0.3 is 9.64 Å². The van der Waals surface area contributed by atoms with E-state index in [0.717, 1.165) is 19.3 Å². The Kier molecular flexibility index (Phi) is 3.99. The molecular formula is C13H16N2O4. The number of hydrogen-bond donors (Lipinski definition) is 0. The topological polar surface area (TPSA) is 72.7 Å². The molecule has 6 heteroatoms. The molecule has 1 saturated heterocycles. The summed E-state index contributed by atoms with van der Waals surface area (Å²) in [5.41, 5.74) is 0.579. The molecule has 0 spiro atoms. The molecule has 1 aliphatic rings. The number of nitro groups is 1. The van der Waals surface area contributed by atoms with Gasteiger partial charge in [0.25, 0.3) is 5.69 Å². The number of hydrogen-bond acceptors (Lipinski definition) is 4. The normalized spacial score (nSPS) is 15.1. The van der Waals surface area contributed by atoms with Crippen molar-refractivity contribution in [1.82, 2.24) is 4.90 Å². The number of benzene rings is 1. The van der Waals surface area contributed by atoms with Crippen LogP contribution >= 0.6 is 0 Å². The summed E-state index contributed by atoms with van der Waals surface area (Å²) < 4.78 is 5.28. The van der Waals surface area contributed by atoms with Crippen LogP contribution in [0.2, 0.25) is 0 Å². The zero-order valence-electron chi connectivity index (χ0n) is 10.8. The van der Waals surface area contributed by atoms with E-state index >= 15 is 0 Å². The maximum absolute atomic E-state index is 11.9. The third-order valence-electron chi connectivity index (χ3n) is 3.18. The van der Waals surface area contributed by atoms with E-state index in [1.54, 1.807) is 11.8 Å². The molecule has 6 nitrogen and oxygen atoms in total. The molecule has 0 atom stereocenters. The number of nitro benzene ring substituents is 1. The van der Waals surface area contributed by atoms with Crippen molar-refractivity contribution in [3.05, 3.63) is 33.9 Å². The molecule has 0 aliphatic carbocycles. The molecule has 0 radical (unpaired) electrons. The monoisotopic (exact) mass is 264 g/mol. The van der Waals surface area contributed by atoms with Crippen LogP contribution in [0, 0.1) is 17.0 Å². The van der Waals surface area contributed by atoms with Crippen molar-refractivity contribution in [3.63, 3.8) is 0 Å². The van der Waals surface area contributed by atoms with Gasteiger partial charge in [-0.05, 0) is 37.8 Å². The molecule has 0 aromatic heterocycles. The minimum atomic E-state index is -0.469. The van der Waals surface area contributed by atoms with E-state index in [9.17, 15) is 14.9 Å². The maximum Gasteiger partial charge on any atom is 0.415 e. The Bertz CT molecular complexity index is 495. The summed E-state index contributed by atoms with van der Waals surface area (Å²) in [7, 11) is 0. The van der Waals surface area contributed by atoms with Crippen LogP contribution in [-0.4, -0.2) is 29.0 Å². The number of ether oxygens (including phenoxy) is 1. The van der Waals surface area contributed by atoms with E-state index in [1.165, 1.54) is 18.2 Å². The summed E-state index contributed by atoms with van der Waals surface area (Å²) in [6.45, 7) is 3.11. The van der Waals surface area contributed by atoms with Gasteiger partial charge in [0.2, 0.25) is 0 Å². The number of carbonyl (C=O) groups excluding carboxylic acids is 1. The van der Waals surface area contributed by atoms with Crippen LogP contribution in [0.1, 0.15) is 24.8 Å². The molecule has 0 N–H and O–H groups in total. The van der Waals surface area contributed by atoms with Crippen LogP contribution in [0.15, 0.2) is 18.2 Å². The standard InChI is InChI=1S/C13H16N2O4/c1-10-9-11(15(17)18)5-6-12(10)19-13(16)14-7-3-2-4-8-14/h5-6,9H,2-4,7-8H2,1H3. The molecule has 0 saturated carbocycles. The summed E-state index contributed by atoms with van der Waals surface area (Å²) in [5.74, 6) is 0.376. The zero-order valence-corrected chi connectivity index (χ0v) is 10.8. The minimum absolute atomic E-state index is 0.00438. The van der Waals surface area contributed by atoms with Gasteiger partial charge in [0.05, 0.1) is 4.92 Å². The van der Waals surface area contributed by atoms with Gasteiger partial charge in [-0.1, -0.05) is 0 Å². The van der Waals surface area contributed by atoms with Crippen molar-refractivity contribution in [2.75, 3.05) is 13.1 Å². The molecule has 0 unspecified atom stereocenters. The lowest BCUT2D eigenvalue weighted by Crippen LogP contribution is -2.37. The van der Waals surface area contributed by atoms with E-state index in [0.29, 0.717) is 24.4 Å². The van der Waals surface area contributed by atoms with Gasteiger partial charge in [-0.25, -0.2) is 4.79 Å². The van der Waals surface area contributed by atoms with E-state index in [-0.39, 0.29) is 11.8 Å². The molecule has 1 aromatic rings. The van der Waals surface area contributed by atoms with Crippen LogP contribution in [0.25, 0.3) is 0 Å². The molecule has 1 aromatic carbocycles. The number of amides is 1. The predicted molar refractivity (Wildman–Crippen MR) is 69.3 cm³/mol. The first-order valence-corrected chi connectivity index (χ1v) is 6.30. The van der Waals surface area contributed by atoms with Gasteiger partial charge in [0, 0.05) is 25.2 Å². The van der Waals surface area contributed by atoms with Crippen molar-refractivity contribution in [2.24, 2.45) is 0 Å². The first kappa shape index (κ1) is 13.3. The van der Waals surface area contributed by atoms with Crippen molar-refractivity contribution < 1.29 is 14.5 Å². The van der Waals surface area contributed by atoms with Crippen LogP contribution in [0.5, 0.6) is 5.75 Å². The second-order valence-corrected chi connectivity index (χ2v) is 4.62. The zero-order chi connectivity index (χ0) is 13.8. The van der Waals surface area contributed by atoms with E-state index in [4.69, 9.17) is 4.74 Å². The Labute approximate surface area is 111 Å². The maximum atomic E-state index is 11.9. The third kappa shape index (κ3) is 3.21. The number of likely N-dealkylation sites (tertiary alicyclic amines) is 1. The van der Waals surface area contributed by atoms with Gasteiger partial charge >= 0.3 is 6.09 Å². The highest BCUT2D eigenvalue weighted by molar-refractivity contribution is 5.71. The highest BCUT2D eigenvalue weighted by Crippen LogP contribution is 2.24. The Hall–Kier alpha value is -2.11. The summed E-state index contributed by atoms with van der Waals surface area (Å²) in [5, 5.41) is 10.6. The smallest absolute Gasteiger partial charge is 0.410 e. The lowest BCUT2D eigenvalue weighted by atomic mass is 10.1. The molecule has 102 valence electrons. The van der Waals surface area contributed by atoms with Gasteiger partial charge in [0.15, 0.2) is 0 Å². The predicted octanol–water partition coefficient (Wildman–Crippen LogP) is 2.89. The Morgan fingerprint density at radius 3 is 2.58 bits per heavy atom. The van der Waals surface area contributed by atoms with Crippen molar-refractivity contribution in [2.45, 2.75) is 26.2 Å². The second kappa shape index (κ2) is 5.69. The van der Waals surface area contributed by atoms with Crippen LogP contribution < -0.4 is 4.74 Å². The molecule has 19 heavy (non-hydrogen) atoms. The number of non-ortho nitro benzene ring substituents is 1. The number of aryl methyl sites for hydroxylation is 1. The number of rotatable bonds is 2. The van der Waals surface area contributed by atoms with E-state index in [2.05, 4.69) is 0 Å². The molecule has 1 aliphatic heterocycles. The minimum Gasteiger partial charge on any atom is -0.410 e. The summed E-state index contributed by atoms with van der Waals surface area (Å²) in [6, 6.07) is 4.21. The van der Waals surface area contributed by atoms with Crippen molar-refractivity contribution in [1.29, 1.82) is 0 Å². The second-order valence-electron chi connectivity index (χ2n) is 4.62. The number of carbonyl (C=O) groups is 1. The molecule has 0 bridgehead atoms. The molecule has 1 heterocycles. The van der Waals surface area contributed by atoms with Gasteiger partial charge in [-0.2, -0.15) is 0 Å². The van der Waals surface area contributed by atoms with Crippen LogP contribution in [0.3, 0.4) is 0 Å². The summed E-state index contributed by atoms with van der Waals surface area (Å²) in [4.78, 5) is 23.7. The van der Waals surface area contributed by atoms with Crippen molar-refractivity contribution in [3.8, 4) is 5.75 Å². The lowest BCUT2D eigenvalue weighted by Gasteiger charge is -2.25. The largest absolute Gasteiger partial charge is 0.415 e. The van der Waals surface area contributed by atoms with Crippen LogP contribution in [-0.2, 0) is 0 Å². The van der Waals surface area contributed by atoms with E-state index in [1.807, 2.05) is 0 Å². The SMILES string of the molecule is Cc1cc([N+](=O)[O-])ccc1OC(=O)N1CCCCC1. The molecule has 1 fully saturated rings. The first-order chi connectivity index (χ1) is 9.08. The summed E-state index contributed by atoms with van der Waals surface area (Å²) in [6.07, 6.45) is 2.75. The van der Waals surface area contributed by atoms with Gasteiger partial charge in [0.1, 0.15) is 5.75 Å². The van der Waals surface area contributed by atoms with Crippen molar-refractivity contribution >= 4 is 11.8 Å².